The Hall–Kier alpha value is -3.22. The van der Waals surface area contributed by atoms with Crippen molar-refractivity contribution in [3.05, 3.63) is 64.4 Å². The Balaban J connectivity index is 1.77. The van der Waals surface area contributed by atoms with Crippen molar-refractivity contribution in [1.29, 1.82) is 0 Å². The molecule has 0 spiro atoms. The van der Waals surface area contributed by atoms with Crippen LogP contribution in [-0.2, 0) is 17.8 Å². The fraction of sp³-hybridized carbons (Fsp3) is 0.222. The van der Waals surface area contributed by atoms with Crippen molar-refractivity contribution < 1.29 is 9.21 Å². The number of aryl methyl sites for hydroxylation is 2. The molecule has 0 saturated heterocycles. The van der Waals surface area contributed by atoms with Gasteiger partial charge in [0, 0.05) is 24.4 Å². The molecule has 0 bridgehead atoms. The molecular formula is C18H18N4O3. The van der Waals surface area contributed by atoms with Crippen molar-refractivity contribution in [1.82, 2.24) is 14.8 Å². The van der Waals surface area contributed by atoms with E-state index in [1.54, 1.807) is 12.3 Å². The highest BCUT2D eigenvalue weighted by molar-refractivity contribution is 5.90. The highest BCUT2D eigenvalue weighted by Gasteiger charge is 2.11. The second-order valence-electron chi connectivity index (χ2n) is 5.65. The highest BCUT2D eigenvalue weighted by Crippen LogP contribution is 2.16. The normalized spacial score (nSPS) is 10.6. The molecule has 3 rings (SSSR count). The van der Waals surface area contributed by atoms with E-state index < -0.39 is 0 Å². The van der Waals surface area contributed by atoms with Crippen LogP contribution in [0.4, 0.5) is 5.69 Å². The Labute approximate surface area is 144 Å². The third kappa shape index (κ3) is 4.00. The summed E-state index contributed by atoms with van der Waals surface area (Å²) in [5.41, 5.74) is 2.10. The van der Waals surface area contributed by atoms with E-state index in [4.69, 9.17) is 4.42 Å². The standard InChI is InChI=1S/C18H18N4O3/c1-3-16-20-21-18(25-16)13-6-9-17(24)22(10-13)11-15(23)19-14-7-4-12(2)5-8-14/h4-10H,3,11H2,1-2H3,(H,19,23). The van der Waals surface area contributed by atoms with Crippen LogP contribution in [0.25, 0.3) is 11.5 Å². The van der Waals surface area contributed by atoms with Crippen molar-refractivity contribution in [2.45, 2.75) is 26.8 Å². The molecule has 0 radical (unpaired) electrons. The maximum Gasteiger partial charge on any atom is 0.251 e. The minimum atomic E-state index is -0.289. The van der Waals surface area contributed by atoms with E-state index in [-0.39, 0.29) is 18.0 Å². The van der Waals surface area contributed by atoms with Crippen molar-refractivity contribution in [3.8, 4) is 11.5 Å². The Kier molecular flexibility index (Phi) is 4.74. The van der Waals surface area contributed by atoms with Gasteiger partial charge in [0.25, 0.3) is 5.56 Å². The fourth-order valence-corrected chi connectivity index (χ4v) is 2.29. The average Bonchev–Trinajstić information content (AvgIpc) is 3.08. The van der Waals surface area contributed by atoms with Crippen LogP contribution in [0.15, 0.2) is 51.8 Å². The molecule has 0 atom stereocenters. The maximum atomic E-state index is 12.2. The lowest BCUT2D eigenvalue weighted by Crippen LogP contribution is -2.26. The number of nitrogens with zero attached hydrogens (tertiary/aromatic N) is 3. The second-order valence-corrected chi connectivity index (χ2v) is 5.65. The molecule has 0 aliphatic heterocycles. The molecular weight excluding hydrogens is 320 g/mol. The van der Waals surface area contributed by atoms with E-state index in [0.29, 0.717) is 29.5 Å². The molecule has 7 heteroatoms. The minimum Gasteiger partial charge on any atom is -0.421 e. The van der Waals surface area contributed by atoms with Crippen LogP contribution in [0, 0.1) is 6.92 Å². The van der Waals surface area contributed by atoms with Gasteiger partial charge in [-0.15, -0.1) is 10.2 Å². The Morgan fingerprint density at radius 3 is 2.60 bits per heavy atom. The van der Waals surface area contributed by atoms with Crippen LogP contribution >= 0.6 is 0 Å². The number of pyridine rings is 1. The summed E-state index contributed by atoms with van der Waals surface area (Å²) in [6, 6.07) is 10.4. The van der Waals surface area contributed by atoms with Gasteiger partial charge in [0.2, 0.25) is 17.7 Å². The molecule has 0 fully saturated rings. The first kappa shape index (κ1) is 16.6. The van der Waals surface area contributed by atoms with Crippen LogP contribution in [0.1, 0.15) is 18.4 Å². The van der Waals surface area contributed by atoms with E-state index in [9.17, 15) is 9.59 Å². The molecule has 0 aliphatic rings. The number of anilines is 1. The largest absolute Gasteiger partial charge is 0.421 e. The summed E-state index contributed by atoms with van der Waals surface area (Å²) in [5, 5.41) is 10.6. The lowest BCUT2D eigenvalue weighted by atomic mass is 10.2. The van der Waals surface area contributed by atoms with Crippen molar-refractivity contribution >= 4 is 11.6 Å². The van der Waals surface area contributed by atoms with Gasteiger partial charge in [-0.05, 0) is 25.1 Å². The number of aromatic nitrogens is 3. The summed E-state index contributed by atoms with van der Waals surface area (Å²) >= 11 is 0. The number of amides is 1. The van der Waals surface area contributed by atoms with Gasteiger partial charge >= 0.3 is 0 Å². The van der Waals surface area contributed by atoms with Gasteiger partial charge in [-0.25, -0.2) is 0 Å². The van der Waals surface area contributed by atoms with Gasteiger partial charge in [-0.3, -0.25) is 9.59 Å². The SMILES string of the molecule is CCc1nnc(-c2ccc(=O)n(CC(=O)Nc3ccc(C)cc3)c2)o1. The Bertz CT molecular complexity index is 941. The Morgan fingerprint density at radius 2 is 1.92 bits per heavy atom. The molecule has 7 nitrogen and oxygen atoms in total. The van der Waals surface area contributed by atoms with Gasteiger partial charge in [-0.2, -0.15) is 0 Å². The summed E-state index contributed by atoms with van der Waals surface area (Å²) in [6.07, 6.45) is 2.18. The van der Waals surface area contributed by atoms with Crippen LogP contribution in [0.5, 0.6) is 0 Å². The van der Waals surface area contributed by atoms with Gasteiger partial charge in [0.1, 0.15) is 6.54 Å². The summed E-state index contributed by atoms with van der Waals surface area (Å²) in [7, 11) is 0. The number of hydrogen-bond acceptors (Lipinski definition) is 5. The number of hydrogen-bond donors (Lipinski definition) is 1. The van der Waals surface area contributed by atoms with Crippen molar-refractivity contribution in [3.63, 3.8) is 0 Å². The van der Waals surface area contributed by atoms with Crippen LogP contribution in [0.3, 0.4) is 0 Å². The summed E-state index contributed by atoms with van der Waals surface area (Å²) in [5.74, 6) is 0.553. The molecule has 1 amide bonds. The monoisotopic (exact) mass is 338 g/mol. The fourth-order valence-electron chi connectivity index (χ4n) is 2.29. The molecule has 2 heterocycles. The number of rotatable bonds is 5. The zero-order valence-corrected chi connectivity index (χ0v) is 14.0. The van der Waals surface area contributed by atoms with E-state index in [0.717, 1.165) is 5.56 Å². The van der Waals surface area contributed by atoms with Gasteiger partial charge < -0.3 is 14.3 Å². The van der Waals surface area contributed by atoms with E-state index in [1.165, 1.54) is 10.6 Å². The van der Waals surface area contributed by atoms with Crippen LogP contribution in [-0.4, -0.2) is 20.7 Å². The summed E-state index contributed by atoms with van der Waals surface area (Å²) < 4.78 is 6.80. The van der Waals surface area contributed by atoms with E-state index in [2.05, 4.69) is 15.5 Å². The second kappa shape index (κ2) is 7.12. The predicted molar refractivity (Wildman–Crippen MR) is 93.2 cm³/mol. The van der Waals surface area contributed by atoms with Gasteiger partial charge in [0.15, 0.2) is 0 Å². The van der Waals surface area contributed by atoms with Crippen molar-refractivity contribution in [2.24, 2.45) is 0 Å². The molecule has 0 unspecified atom stereocenters. The summed E-state index contributed by atoms with van der Waals surface area (Å²) in [4.78, 5) is 24.2. The quantitative estimate of drug-likeness (QED) is 0.771. The van der Waals surface area contributed by atoms with E-state index >= 15 is 0 Å². The number of carbonyl (C=O) groups excluding carboxylic acids is 1. The van der Waals surface area contributed by atoms with Gasteiger partial charge in [0.05, 0.1) is 5.56 Å². The smallest absolute Gasteiger partial charge is 0.251 e. The number of carbonyl (C=O) groups is 1. The molecule has 0 saturated carbocycles. The molecule has 3 aromatic rings. The topological polar surface area (TPSA) is 90.0 Å². The molecule has 2 aromatic heterocycles. The van der Waals surface area contributed by atoms with E-state index in [1.807, 2.05) is 38.1 Å². The molecule has 1 N–H and O–H groups in total. The first-order chi connectivity index (χ1) is 12.0. The zero-order valence-electron chi connectivity index (χ0n) is 14.0. The molecule has 0 aliphatic carbocycles. The number of benzene rings is 1. The molecule has 25 heavy (non-hydrogen) atoms. The van der Waals surface area contributed by atoms with Gasteiger partial charge in [-0.1, -0.05) is 24.6 Å². The van der Waals surface area contributed by atoms with Crippen LogP contribution < -0.4 is 10.9 Å². The summed E-state index contributed by atoms with van der Waals surface area (Å²) in [6.45, 7) is 3.78. The average molecular weight is 338 g/mol. The zero-order chi connectivity index (χ0) is 17.8. The third-order valence-corrected chi connectivity index (χ3v) is 3.65. The first-order valence-electron chi connectivity index (χ1n) is 7.95. The lowest BCUT2D eigenvalue weighted by molar-refractivity contribution is -0.116. The third-order valence-electron chi connectivity index (χ3n) is 3.65. The van der Waals surface area contributed by atoms with Crippen molar-refractivity contribution in [2.75, 3.05) is 5.32 Å². The Morgan fingerprint density at radius 1 is 1.16 bits per heavy atom. The lowest BCUT2D eigenvalue weighted by Gasteiger charge is -2.08. The number of nitrogens with one attached hydrogen (secondary N) is 1. The molecule has 1 aromatic carbocycles. The maximum absolute atomic E-state index is 12.2. The first-order valence-corrected chi connectivity index (χ1v) is 7.95. The minimum absolute atomic E-state index is 0.102. The highest BCUT2D eigenvalue weighted by atomic mass is 16.4. The molecule has 128 valence electrons. The predicted octanol–water partition coefficient (Wildman–Crippen LogP) is 2.41. The van der Waals surface area contributed by atoms with Crippen LogP contribution in [0.2, 0.25) is 0 Å².